The number of hydrogen-bond donors (Lipinski definition) is 0. The second kappa shape index (κ2) is 12.4. The second-order valence-electron chi connectivity index (χ2n) is 11.3. The molecule has 2 saturated heterocycles. The van der Waals surface area contributed by atoms with Gasteiger partial charge in [0.2, 0.25) is 0 Å². The van der Waals surface area contributed by atoms with Crippen LogP contribution in [0.15, 0.2) is 36.4 Å². The van der Waals surface area contributed by atoms with E-state index in [0.717, 1.165) is 19.6 Å². The van der Waals surface area contributed by atoms with Crippen molar-refractivity contribution < 1.29 is 45.0 Å². The molecule has 0 unspecified atom stereocenters. The zero-order valence-electron chi connectivity index (χ0n) is 23.6. The van der Waals surface area contributed by atoms with E-state index in [1.807, 2.05) is 13.8 Å². The summed E-state index contributed by atoms with van der Waals surface area (Å²) in [6.45, 7) is 8.28. The molecule has 2 fully saturated rings. The Balaban J connectivity index is 1.60. The standard InChI is InChI=1S/C29H34F7N3O3/c1-27(2)18-38(10-11-42-27)7-6-37-8-9-39(23(17-37)12-19-4-5-24(30)25(13-19)41-3)26(40)20-14-21(28(31,32)33)16-22(15-20)29(34,35)36/h4-5,13-16,23H,6-12,17-18H2,1-3H3/t23-/m1/s1. The molecule has 13 heteroatoms. The Bertz CT molecular complexity index is 1230. The maximum atomic E-state index is 14.0. The fraction of sp³-hybridized carbons (Fsp3) is 0.552. The number of halogens is 7. The number of nitrogens with zero attached hydrogens (tertiary/aromatic N) is 3. The molecule has 1 atom stereocenters. The summed E-state index contributed by atoms with van der Waals surface area (Å²) in [5, 5.41) is 0. The van der Waals surface area contributed by atoms with Gasteiger partial charge in [-0.1, -0.05) is 6.07 Å². The average molecular weight is 606 g/mol. The summed E-state index contributed by atoms with van der Waals surface area (Å²) in [7, 11) is 1.30. The molecular weight excluding hydrogens is 571 g/mol. The summed E-state index contributed by atoms with van der Waals surface area (Å²) < 4.78 is 106. The number of alkyl halides is 6. The van der Waals surface area contributed by atoms with Crippen LogP contribution in [0.2, 0.25) is 0 Å². The molecule has 42 heavy (non-hydrogen) atoms. The predicted octanol–water partition coefficient (Wildman–Crippen LogP) is 5.35. The summed E-state index contributed by atoms with van der Waals surface area (Å²) in [4.78, 5) is 19.3. The Hall–Kier alpha value is -2.90. The first-order valence-corrected chi connectivity index (χ1v) is 13.6. The molecule has 0 radical (unpaired) electrons. The highest BCUT2D eigenvalue weighted by atomic mass is 19.4. The minimum absolute atomic E-state index is 0.00388. The summed E-state index contributed by atoms with van der Waals surface area (Å²) in [6.07, 6.45) is -9.96. The first kappa shape index (κ1) is 32.0. The molecule has 0 bridgehead atoms. The number of methoxy groups -OCH3 is 1. The van der Waals surface area contributed by atoms with E-state index in [9.17, 15) is 35.5 Å². The SMILES string of the molecule is COc1cc(C[C@@H]2CN(CCN3CCOC(C)(C)C3)CCN2C(=O)c2cc(C(F)(F)F)cc(C(F)(F)F)c2)ccc1F. The average Bonchev–Trinajstić information content (AvgIpc) is 2.91. The van der Waals surface area contributed by atoms with E-state index in [4.69, 9.17) is 9.47 Å². The van der Waals surface area contributed by atoms with Crippen molar-refractivity contribution in [3.63, 3.8) is 0 Å². The second-order valence-corrected chi connectivity index (χ2v) is 11.3. The Labute approximate surface area is 240 Å². The first-order chi connectivity index (χ1) is 19.6. The Morgan fingerprint density at radius 2 is 1.60 bits per heavy atom. The third kappa shape index (κ3) is 7.93. The normalized spacial score (nSPS) is 20.5. The van der Waals surface area contributed by atoms with Crippen LogP contribution < -0.4 is 4.74 Å². The van der Waals surface area contributed by atoms with Gasteiger partial charge in [0.1, 0.15) is 0 Å². The highest BCUT2D eigenvalue weighted by Gasteiger charge is 2.39. The highest BCUT2D eigenvalue weighted by Crippen LogP contribution is 2.37. The summed E-state index contributed by atoms with van der Waals surface area (Å²) in [5.74, 6) is -1.53. The van der Waals surface area contributed by atoms with Crippen LogP contribution in [0.25, 0.3) is 0 Å². The van der Waals surface area contributed by atoms with E-state index in [1.165, 1.54) is 30.2 Å². The van der Waals surface area contributed by atoms with Gasteiger partial charge in [0.25, 0.3) is 5.91 Å². The van der Waals surface area contributed by atoms with E-state index >= 15 is 0 Å². The maximum Gasteiger partial charge on any atom is 0.416 e. The van der Waals surface area contributed by atoms with Crippen LogP contribution >= 0.6 is 0 Å². The molecule has 0 aliphatic carbocycles. The molecular formula is C29H34F7N3O3. The number of ether oxygens (including phenoxy) is 2. The molecule has 0 N–H and O–H groups in total. The van der Waals surface area contributed by atoms with Gasteiger partial charge < -0.3 is 14.4 Å². The minimum Gasteiger partial charge on any atom is -0.494 e. The number of rotatable bonds is 7. The largest absolute Gasteiger partial charge is 0.494 e. The number of benzene rings is 2. The van der Waals surface area contributed by atoms with Crippen molar-refractivity contribution in [1.29, 1.82) is 0 Å². The van der Waals surface area contributed by atoms with Gasteiger partial charge in [-0.15, -0.1) is 0 Å². The van der Waals surface area contributed by atoms with Crippen LogP contribution in [-0.4, -0.2) is 91.8 Å². The molecule has 6 nitrogen and oxygen atoms in total. The summed E-state index contributed by atoms with van der Waals surface area (Å²) in [6, 6.07) is 4.52. The van der Waals surface area contributed by atoms with Crippen molar-refractivity contribution in [3.8, 4) is 5.75 Å². The molecule has 0 aromatic heterocycles. The van der Waals surface area contributed by atoms with Gasteiger partial charge in [-0.25, -0.2) is 4.39 Å². The van der Waals surface area contributed by atoms with Crippen LogP contribution in [0.4, 0.5) is 30.7 Å². The lowest BCUT2D eigenvalue weighted by Crippen LogP contribution is -2.57. The van der Waals surface area contributed by atoms with E-state index in [2.05, 4.69) is 9.80 Å². The molecule has 2 aromatic rings. The zero-order valence-corrected chi connectivity index (χ0v) is 23.6. The number of amides is 1. The third-order valence-corrected chi connectivity index (χ3v) is 7.59. The lowest BCUT2D eigenvalue weighted by Gasteiger charge is -2.43. The van der Waals surface area contributed by atoms with Crippen LogP contribution in [0.5, 0.6) is 5.75 Å². The molecule has 2 aliphatic heterocycles. The number of morpholine rings is 1. The molecule has 2 aliphatic rings. The summed E-state index contributed by atoms with van der Waals surface area (Å²) in [5.41, 5.74) is -3.47. The van der Waals surface area contributed by atoms with Crippen LogP contribution in [0.1, 0.15) is 40.9 Å². The smallest absolute Gasteiger partial charge is 0.416 e. The van der Waals surface area contributed by atoms with Gasteiger partial charge in [0, 0.05) is 57.4 Å². The lowest BCUT2D eigenvalue weighted by atomic mass is 9.98. The fourth-order valence-electron chi connectivity index (χ4n) is 5.50. The topological polar surface area (TPSA) is 45.2 Å². The van der Waals surface area contributed by atoms with Crippen molar-refractivity contribution in [3.05, 3.63) is 64.5 Å². The molecule has 232 valence electrons. The number of piperazine rings is 1. The van der Waals surface area contributed by atoms with E-state index in [0.29, 0.717) is 43.9 Å². The van der Waals surface area contributed by atoms with E-state index in [1.54, 1.807) is 0 Å². The monoisotopic (exact) mass is 605 g/mol. The fourth-order valence-corrected chi connectivity index (χ4v) is 5.50. The highest BCUT2D eigenvalue weighted by molar-refractivity contribution is 5.95. The quantitative estimate of drug-likeness (QED) is 0.399. The van der Waals surface area contributed by atoms with Gasteiger partial charge in [-0.2, -0.15) is 26.3 Å². The Morgan fingerprint density at radius 1 is 0.952 bits per heavy atom. The van der Waals surface area contributed by atoms with Gasteiger partial charge in [0.05, 0.1) is 30.4 Å². The Kier molecular flexibility index (Phi) is 9.43. The predicted molar refractivity (Wildman–Crippen MR) is 141 cm³/mol. The maximum absolute atomic E-state index is 14.0. The van der Waals surface area contributed by atoms with E-state index in [-0.39, 0.29) is 30.4 Å². The van der Waals surface area contributed by atoms with Gasteiger partial charge in [0.15, 0.2) is 11.6 Å². The number of carbonyl (C=O) groups is 1. The van der Waals surface area contributed by atoms with Crippen molar-refractivity contribution >= 4 is 5.91 Å². The van der Waals surface area contributed by atoms with Gasteiger partial charge >= 0.3 is 12.4 Å². The molecule has 4 rings (SSSR count). The van der Waals surface area contributed by atoms with Gasteiger partial charge in [-0.3, -0.25) is 14.6 Å². The third-order valence-electron chi connectivity index (χ3n) is 7.59. The minimum atomic E-state index is -5.08. The molecule has 2 aromatic carbocycles. The molecule has 1 amide bonds. The number of carbonyl (C=O) groups excluding carboxylic acids is 1. The van der Waals surface area contributed by atoms with Crippen LogP contribution in [-0.2, 0) is 23.5 Å². The van der Waals surface area contributed by atoms with Crippen molar-refractivity contribution in [2.75, 3.05) is 59.5 Å². The van der Waals surface area contributed by atoms with Gasteiger partial charge in [-0.05, 0) is 56.2 Å². The molecule has 0 spiro atoms. The molecule has 2 heterocycles. The first-order valence-electron chi connectivity index (χ1n) is 13.6. The summed E-state index contributed by atoms with van der Waals surface area (Å²) >= 11 is 0. The van der Waals surface area contributed by atoms with Crippen LogP contribution in [0, 0.1) is 5.82 Å². The Morgan fingerprint density at radius 3 is 2.19 bits per heavy atom. The zero-order chi connectivity index (χ0) is 30.9. The van der Waals surface area contributed by atoms with Crippen molar-refractivity contribution in [2.24, 2.45) is 0 Å². The lowest BCUT2D eigenvalue weighted by molar-refractivity contribution is -0.143. The van der Waals surface area contributed by atoms with Crippen molar-refractivity contribution in [1.82, 2.24) is 14.7 Å². The van der Waals surface area contributed by atoms with Crippen molar-refractivity contribution in [2.45, 2.75) is 44.3 Å². The van der Waals surface area contributed by atoms with E-state index < -0.39 is 46.8 Å². The number of hydrogen-bond acceptors (Lipinski definition) is 5. The van der Waals surface area contributed by atoms with Crippen LogP contribution in [0.3, 0.4) is 0 Å². The molecule has 0 saturated carbocycles.